The SMILES string of the molecule is COCC(N)C(=O)CC1CCC1. The number of ether oxygens (including phenoxy) is 1. The summed E-state index contributed by atoms with van der Waals surface area (Å²) in [5.41, 5.74) is 5.58. The van der Waals surface area contributed by atoms with Crippen LogP contribution >= 0.6 is 0 Å². The summed E-state index contributed by atoms with van der Waals surface area (Å²) in [6.07, 6.45) is 4.33. The summed E-state index contributed by atoms with van der Waals surface area (Å²) in [5, 5.41) is 0. The molecule has 1 aliphatic carbocycles. The Morgan fingerprint density at radius 2 is 2.33 bits per heavy atom. The Balaban J connectivity index is 2.16. The lowest BCUT2D eigenvalue weighted by Crippen LogP contribution is -2.36. The van der Waals surface area contributed by atoms with E-state index in [1.165, 1.54) is 19.3 Å². The Morgan fingerprint density at radius 1 is 1.67 bits per heavy atom. The number of methoxy groups -OCH3 is 1. The van der Waals surface area contributed by atoms with E-state index in [0.717, 1.165) is 0 Å². The van der Waals surface area contributed by atoms with Crippen LogP contribution in [0.4, 0.5) is 0 Å². The first-order valence-corrected chi connectivity index (χ1v) is 4.51. The van der Waals surface area contributed by atoms with E-state index in [-0.39, 0.29) is 5.78 Å². The molecule has 1 unspecified atom stereocenters. The second-order valence-electron chi connectivity index (χ2n) is 3.53. The van der Waals surface area contributed by atoms with Gasteiger partial charge in [-0.1, -0.05) is 19.3 Å². The summed E-state index contributed by atoms with van der Waals surface area (Å²) in [7, 11) is 1.57. The molecule has 0 spiro atoms. The molecule has 3 heteroatoms. The second-order valence-corrected chi connectivity index (χ2v) is 3.53. The molecule has 0 aromatic carbocycles. The van der Waals surface area contributed by atoms with Gasteiger partial charge < -0.3 is 10.5 Å². The van der Waals surface area contributed by atoms with E-state index in [1.807, 2.05) is 0 Å². The van der Waals surface area contributed by atoms with E-state index in [1.54, 1.807) is 7.11 Å². The van der Waals surface area contributed by atoms with Crippen molar-refractivity contribution in [3.05, 3.63) is 0 Å². The van der Waals surface area contributed by atoms with Crippen LogP contribution in [0.2, 0.25) is 0 Å². The van der Waals surface area contributed by atoms with Gasteiger partial charge in [-0.3, -0.25) is 4.79 Å². The molecule has 2 N–H and O–H groups in total. The van der Waals surface area contributed by atoms with Gasteiger partial charge in [0, 0.05) is 13.5 Å². The van der Waals surface area contributed by atoms with E-state index in [2.05, 4.69) is 0 Å². The van der Waals surface area contributed by atoms with Crippen LogP contribution in [-0.2, 0) is 9.53 Å². The highest BCUT2D eigenvalue weighted by atomic mass is 16.5. The number of nitrogens with two attached hydrogens (primary N) is 1. The highest BCUT2D eigenvalue weighted by Crippen LogP contribution is 2.29. The van der Waals surface area contributed by atoms with Crippen molar-refractivity contribution in [1.82, 2.24) is 0 Å². The number of carbonyl (C=O) groups excluding carboxylic acids is 1. The number of hydrogen-bond acceptors (Lipinski definition) is 3. The summed E-state index contributed by atoms with van der Waals surface area (Å²) >= 11 is 0. The highest BCUT2D eigenvalue weighted by Gasteiger charge is 2.23. The van der Waals surface area contributed by atoms with Crippen molar-refractivity contribution in [2.24, 2.45) is 11.7 Å². The zero-order valence-corrected chi connectivity index (χ0v) is 7.58. The van der Waals surface area contributed by atoms with Gasteiger partial charge in [0.1, 0.15) is 0 Å². The molecule has 1 saturated carbocycles. The van der Waals surface area contributed by atoms with Crippen LogP contribution in [0, 0.1) is 5.92 Å². The van der Waals surface area contributed by atoms with Gasteiger partial charge in [0.25, 0.3) is 0 Å². The van der Waals surface area contributed by atoms with Crippen molar-refractivity contribution in [1.29, 1.82) is 0 Å². The third-order valence-corrected chi connectivity index (χ3v) is 2.47. The molecule has 12 heavy (non-hydrogen) atoms. The molecule has 1 fully saturated rings. The van der Waals surface area contributed by atoms with Crippen LogP contribution in [-0.4, -0.2) is 25.5 Å². The van der Waals surface area contributed by atoms with E-state index < -0.39 is 6.04 Å². The van der Waals surface area contributed by atoms with Crippen LogP contribution in [0.5, 0.6) is 0 Å². The minimum atomic E-state index is -0.407. The fourth-order valence-electron chi connectivity index (χ4n) is 1.41. The van der Waals surface area contributed by atoms with Crippen molar-refractivity contribution in [2.75, 3.05) is 13.7 Å². The standard InChI is InChI=1S/C9H17NO2/c1-12-6-8(10)9(11)5-7-3-2-4-7/h7-8H,2-6,10H2,1H3. The smallest absolute Gasteiger partial charge is 0.152 e. The molecular weight excluding hydrogens is 154 g/mol. The van der Waals surface area contributed by atoms with Crippen LogP contribution in [0.25, 0.3) is 0 Å². The van der Waals surface area contributed by atoms with Crippen LogP contribution in [0.1, 0.15) is 25.7 Å². The maximum atomic E-state index is 11.3. The summed E-state index contributed by atoms with van der Waals surface area (Å²) in [6.45, 7) is 0.353. The monoisotopic (exact) mass is 171 g/mol. The topological polar surface area (TPSA) is 52.3 Å². The fraction of sp³-hybridized carbons (Fsp3) is 0.889. The molecule has 0 heterocycles. The minimum absolute atomic E-state index is 0.154. The van der Waals surface area contributed by atoms with Gasteiger partial charge in [0.2, 0.25) is 0 Å². The van der Waals surface area contributed by atoms with Gasteiger partial charge in [-0.05, 0) is 5.92 Å². The molecule has 1 aliphatic rings. The van der Waals surface area contributed by atoms with Crippen LogP contribution < -0.4 is 5.73 Å². The summed E-state index contributed by atoms with van der Waals surface area (Å²) in [6, 6.07) is -0.407. The molecule has 1 rings (SSSR count). The first-order chi connectivity index (χ1) is 5.74. The predicted molar refractivity (Wildman–Crippen MR) is 46.8 cm³/mol. The molecule has 0 aliphatic heterocycles. The van der Waals surface area contributed by atoms with Crippen molar-refractivity contribution in [3.8, 4) is 0 Å². The largest absolute Gasteiger partial charge is 0.383 e. The molecule has 3 nitrogen and oxygen atoms in total. The third kappa shape index (κ3) is 2.57. The zero-order chi connectivity index (χ0) is 8.97. The summed E-state index contributed by atoms with van der Waals surface area (Å²) < 4.78 is 4.81. The normalized spacial score (nSPS) is 20.2. The van der Waals surface area contributed by atoms with Crippen molar-refractivity contribution >= 4 is 5.78 Å². The quantitative estimate of drug-likeness (QED) is 0.663. The van der Waals surface area contributed by atoms with Crippen molar-refractivity contribution < 1.29 is 9.53 Å². The molecule has 70 valence electrons. The van der Waals surface area contributed by atoms with Gasteiger partial charge in [-0.2, -0.15) is 0 Å². The predicted octanol–water partition coefficient (Wildman–Crippen LogP) is 0.719. The second kappa shape index (κ2) is 4.58. The molecule has 0 radical (unpaired) electrons. The van der Waals surface area contributed by atoms with E-state index >= 15 is 0 Å². The lowest BCUT2D eigenvalue weighted by molar-refractivity contribution is -0.122. The molecule has 0 bridgehead atoms. The average molecular weight is 171 g/mol. The maximum absolute atomic E-state index is 11.3. The summed E-state index contributed by atoms with van der Waals surface area (Å²) in [5.74, 6) is 0.766. The van der Waals surface area contributed by atoms with E-state index in [9.17, 15) is 4.79 Å². The first kappa shape index (κ1) is 9.68. The Labute approximate surface area is 73.3 Å². The van der Waals surface area contributed by atoms with Gasteiger partial charge in [0.05, 0.1) is 12.6 Å². The number of ketones is 1. The molecular formula is C9H17NO2. The zero-order valence-electron chi connectivity index (χ0n) is 7.58. The van der Waals surface area contributed by atoms with Crippen LogP contribution in [0.3, 0.4) is 0 Å². The van der Waals surface area contributed by atoms with Crippen molar-refractivity contribution in [2.45, 2.75) is 31.7 Å². The first-order valence-electron chi connectivity index (χ1n) is 4.51. The average Bonchev–Trinajstić information content (AvgIpc) is 1.97. The lowest BCUT2D eigenvalue weighted by Gasteiger charge is -2.25. The van der Waals surface area contributed by atoms with E-state index in [0.29, 0.717) is 18.9 Å². The fourth-order valence-corrected chi connectivity index (χ4v) is 1.41. The van der Waals surface area contributed by atoms with E-state index in [4.69, 9.17) is 10.5 Å². The number of rotatable bonds is 5. The van der Waals surface area contributed by atoms with Gasteiger partial charge in [-0.25, -0.2) is 0 Å². The lowest BCUT2D eigenvalue weighted by atomic mass is 9.81. The Kier molecular flexibility index (Phi) is 3.69. The van der Waals surface area contributed by atoms with Gasteiger partial charge >= 0.3 is 0 Å². The molecule has 0 amide bonds. The van der Waals surface area contributed by atoms with Crippen molar-refractivity contribution in [3.63, 3.8) is 0 Å². The van der Waals surface area contributed by atoms with Gasteiger partial charge in [-0.15, -0.1) is 0 Å². The Bertz CT molecular complexity index is 155. The third-order valence-electron chi connectivity index (χ3n) is 2.47. The molecule has 0 aromatic heterocycles. The van der Waals surface area contributed by atoms with Crippen LogP contribution in [0.15, 0.2) is 0 Å². The molecule has 1 atom stereocenters. The molecule has 0 saturated heterocycles. The minimum Gasteiger partial charge on any atom is -0.383 e. The van der Waals surface area contributed by atoms with Gasteiger partial charge in [0.15, 0.2) is 5.78 Å². The number of Topliss-reactive ketones (excluding diaryl/α,β-unsaturated/α-hetero) is 1. The highest BCUT2D eigenvalue weighted by molar-refractivity contribution is 5.84. The Hall–Kier alpha value is -0.410. The molecule has 0 aromatic rings. The summed E-state index contributed by atoms with van der Waals surface area (Å²) in [4.78, 5) is 11.3. The maximum Gasteiger partial charge on any atom is 0.152 e. The number of carbonyl (C=O) groups is 1. The number of hydrogen-bond donors (Lipinski definition) is 1. The Morgan fingerprint density at radius 3 is 2.75 bits per heavy atom.